The van der Waals surface area contributed by atoms with E-state index >= 15 is 0 Å². The lowest BCUT2D eigenvalue weighted by Crippen LogP contribution is -2.25. The average molecular weight is 349 g/mol. The number of pyridine rings is 1. The van der Waals surface area contributed by atoms with Crippen LogP contribution in [0.15, 0.2) is 48.3 Å². The van der Waals surface area contributed by atoms with Gasteiger partial charge < -0.3 is 10.6 Å². The van der Waals surface area contributed by atoms with Gasteiger partial charge in [0.2, 0.25) is 0 Å². The molecule has 1 aliphatic rings. The highest BCUT2D eigenvalue weighted by atomic mass is 16.1. The van der Waals surface area contributed by atoms with E-state index in [2.05, 4.69) is 47.7 Å². The van der Waals surface area contributed by atoms with Gasteiger partial charge in [-0.2, -0.15) is 0 Å². The first-order chi connectivity index (χ1) is 12.6. The van der Waals surface area contributed by atoms with Crippen molar-refractivity contribution in [3.05, 3.63) is 65.0 Å². The number of allylic oxidation sites excluding steroid dienone is 1. The molecule has 136 valence electrons. The van der Waals surface area contributed by atoms with Crippen LogP contribution in [0, 0.1) is 13.8 Å². The van der Waals surface area contributed by atoms with Crippen LogP contribution in [-0.4, -0.2) is 17.4 Å². The Morgan fingerprint density at radius 3 is 2.69 bits per heavy atom. The fraction of sp³-hybridized carbons (Fsp3) is 0.364. The van der Waals surface area contributed by atoms with Gasteiger partial charge in [-0.15, -0.1) is 0 Å². The van der Waals surface area contributed by atoms with Crippen LogP contribution in [0.4, 0.5) is 11.4 Å². The summed E-state index contributed by atoms with van der Waals surface area (Å²) in [6.07, 6.45) is 11.6. The van der Waals surface area contributed by atoms with E-state index < -0.39 is 0 Å². The first-order valence-electron chi connectivity index (χ1n) is 9.38. The third kappa shape index (κ3) is 4.72. The number of nitrogens with one attached hydrogen (secondary N) is 2. The molecule has 0 radical (unpaired) electrons. The van der Waals surface area contributed by atoms with Gasteiger partial charge >= 0.3 is 0 Å². The van der Waals surface area contributed by atoms with Gasteiger partial charge in [0, 0.05) is 18.4 Å². The van der Waals surface area contributed by atoms with Crippen molar-refractivity contribution in [2.24, 2.45) is 0 Å². The fourth-order valence-electron chi connectivity index (χ4n) is 3.36. The van der Waals surface area contributed by atoms with E-state index in [-0.39, 0.29) is 5.91 Å². The van der Waals surface area contributed by atoms with E-state index in [9.17, 15) is 4.79 Å². The Labute approximate surface area is 155 Å². The Morgan fingerprint density at radius 1 is 1.15 bits per heavy atom. The molecule has 2 N–H and O–H groups in total. The topological polar surface area (TPSA) is 54.0 Å². The van der Waals surface area contributed by atoms with Gasteiger partial charge in [0.15, 0.2) is 0 Å². The molecule has 0 unspecified atom stereocenters. The number of carbonyl (C=O) groups is 1. The summed E-state index contributed by atoms with van der Waals surface area (Å²) in [7, 11) is 0. The summed E-state index contributed by atoms with van der Waals surface area (Å²) in [5, 5.41) is 6.40. The maximum Gasteiger partial charge on any atom is 0.252 e. The molecule has 3 rings (SSSR count). The third-order valence-corrected chi connectivity index (χ3v) is 4.87. The smallest absolute Gasteiger partial charge is 0.252 e. The molecule has 1 heterocycles. The Kier molecular flexibility index (Phi) is 6.05. The Bertz CT molecular complexity index is 791. The van der Waals surface area contributed by atoms with Crippen LogP contribution in [0.25, 0.3) is 0 Å². The maximum absolute atomic E-state index is 12.4. The molecular weight excluding hydrogens is 322 g/mol. The zero-order valence-electron chi connectivity index (χ0n) is 15.6. The SMILES string of the molecule is Cc1cccc(C)c1Nc1cncc(C(=O)NCCC2=CCCCC2)c1. The molecule has 0 atom stereocenters. The van der Waals surface area contributed by atoms with Gasteiger partial charge in [-0.25, -0.2) is 0 Å². The summed E-state index contributed by atoms with van der Waals surface area (Å²) >= 11 is 0. The first-order valence-corrected chi connectivity index (χ1v) is 9.38. The molecule has 1 amide bonds. The third-order valence-electron chi connectivity index (χ3n) is 4.87. The number of hydrogen-bond acceptors (Lipinski definition) is 3. The van der Waals surface area contributed by atoms with E-state index in [0.717, 1.165) is 17.8 Å². The van der Waals surface area contributed by atoms with Crippen molar-refractivity contribution in [3.63, 3.8) is 0 Å². The molecule has 26 heavy (non-hydrogen) atoms. The molecule has 1 aromatic carbocycles. The van der Waals surface area contributed by atoms with E-state index in [1.165, 1.54) is 42.4 Å². The first kappa shape index (κ1) is 18.2. The number of benzene rings is 1. The number of nitrogens with zero attached hydrogens (tertiary/aromatic N) is 1. The summed E-state index contributed by atoms with van der Waals surface area (Å²) in [6, 6.07) is 8.03. The minimum absolute atomic E-state index is 0.0703. The van der Waals surface area contributed by atoms with Crippen LogP contribution in [-0.2, 0) is 0 Å². The molecule has 4 heteroatoms. The number of aryl methyl sites for hydroxylation is 2. The van der Waals surface area contributed by atoms with Crippen LogP contribution < -0.4 is 10.6 Å². The van der Waals surface area contributed by atoms with Gasteiger partial charge in [0.05, 0.1) is 17.4 Å². The number of para-hydroxylation sites is 1. The van der Waals surface area contributed by atoms with Gasteiger partial charge in [-0.05, 0) is 63.1 Å². The lowest BCUT2D eigenvalue weighted by atomic mass is 9.97. The highest BCUT2D eigenvalue weighted by Crippen LogP contribution is 2.24. The number of aromatic nitrogens is 1. The van der Waals surface area contributed by atoms with Crippen LogP contribution >= 0.6 is 0 Å². The Hall–Kier alpha value is -2.62. The van der Waals surface area contributed by atoms with Gasteiger partial charge in [-0.3, -0.25) is 9.78 Å². The molecule has 0 fully saturated rings. The summed E-state index contributed by atoms with van der Waals surface area (Å²) in [6.45, 7) is 4.82. The number of carbonyl (C=O) groups excluding carboxylic acids is 1. The molecule has 4 nitrogen and oxygen atoms in total. The summed E-state index contributed by atoms with van der Waals surface area (Å²) < 4.78 is 0. The summed E-state index contributed by atoms with van der Waals surface area (Å²) in [5.74, 6) is -0.0703. The number of hydrogen-bond donors (Lipinski definition) is 2. The predicted molar refractivity (Wildman–Crippen MR) is 107 cm³/mol. The summed E-state index contributed by atoms with van der Waals surface area (Å²) in [5.41, 5.74) is 6.28. The van der Waals surface area contributed by atoms with Crippen molar-refractivity contribution in [2.75, 3.05) is 11.9 Å². The minimum atomic E-state index is -0.0703. The van der Waals surface area contributed by atoms with Crippen molar-refractivity contribution in [1.82, 2.24) is 10.3 Å². The molecule has 0 bridgehead atoms. The van der Waals surface area contributed by atoms with E-state index in [4.69, 9.17) is 0 Å². The number of anilines is 2. The zero-order valence-corrected chi connectivity index (χ0v) is 15.6. The fourth-order valence-corrected chi connectivity index (χ4v) is 3.36. The van der Waals surface area contributed by atoms with Gasteiger partial charge in [0.25, 0.3) is 5.91 Å². The monoisotopic (exact) mass is 349 g/mol. The predicted octanol–water partition coefficient (Wildman–Crippen LogP) is 5.06. The molecule has 0 aliphatic heterocycles. The molecule has 0 spiro atoms. The second-order valence-corrected chi connectivity index (χ2v) is 6.97. The van der Waals surface area contributed by atoms with Crippen molar-refractivity contribution in [2.45, 2.75) is 46.0 Å². The molecule has 2 aromatic rings. The van der Waals surface area contributed by atoms with Crippen molar-refractivity contribution in [3.8, 4) is 0 Å². The molecule has 1 aliphatic carbocycles. The quantitative estimate of drug-likeness (QED) is 0.717. The Balaban J connectivity index is 1.61. The largest absolute Gasteiger partial charge is 0.354 e. The Morgan fingerprint density at radius 2 is 1.96 bits per heavy atom. The van der Waals surface area contributed by atoms with E-state index in [1.54, 1.807) is 12.4 Å². The zero-order chi connectivity index (χ0) is 18.4. The molecule has 0 saturated carbocycles. The normalized spacial score (nSPS) is 13.8. The van der Waals surface area contributed by atoms with Crippen LogP contribution in [0.2, 0.25) is 0 Å². The highest BCUT2D eigenvalue weighted by molar-refractivity contribution is 5.94. The lowest BCUT2D eigenvalue weighted by Gasteiger charge is -2.14. The van der Waals surface area contributed by atoms with Crippen molar-refractivity contribution < 1.29 is 4.79 Å². The minimum Gasteiger partial charge on any atom is -0.354 e. The van der Waals surface area contributed by atoms with Gasteiger partial charge in [-0.1, -0.05) is 29.8 Å². The van der Waals surface area contributed by atoms with Crippen molar-refractivity contribution in [1.29, 1.82) is 0 Å². The standard InChI is InChI=1S/C22H27N3O/c1-16-7-6-8-17(2)21(16)25-20-13-19(14-23-15-20)22(26)24-12-11-18-9-4-3-5-10-18/h6-9,13-15,25H,3-5,10-12H2,1-2H3,(H,24,26). The second kappa shape index (κ2) is 8.65. The van der Waals surface area contributed by atoms with Crippen LogP contribution in [0.1, 0.15) is 53.6 Å². The van der Waals surface area contributed by atoms with Crippen LogP contribution in [0.5, 0.6) is 0 Å². The molecular formula is C22H27N3O. The van der Waals surface area contributed by atoms with E-state index in [0.29, 0.717) is 12.1 Å². The highest BCUT2D eigenvalue weighted by Gasteiger charge is 2.09. The number of rotatable bonds is 6. The van der Waals surface area contributed by atoms with E-state index in [1.807, 2.05) is 12.1 Å². The maximum atomic E-state index is 12.4. The molecule has 1 aromatic heterocycles. The molecule has 0 saturated heterocycles. The average Bonchev–Trinajstić information content (AvgIpc) is 2.66. The van der Waals surface area contributed by atoms with Crippen LogP contribution in [0.3, 0.4) is 0 Å². The summed E-state index contributed by atoms with van der Waals surface area (Å²) in [4.78, 5) is 16.7. The number of amides is 1. The van der Waals surface area contributed by atoms with Crippen molar-refractivity contribution >= 4 is 17.3 Å². The second-order valence-electron chi connectivity index (χ2n) is 6.97. The van der Waals surface area contributed by atoms with Gasteiger partial charge in [0.1, 0.15) is 0 Å². The lowest BCUT2D eigenvalue weighted by molar-refractivity contribution is 0.0953.